The lowest BCUT2D eigenvalue weighted by Gasteiger charge is -2.29. The average Bonchev–Trinajstić information content (AvgIpc) is 2.28. The number of nitrogens with one attached hydrogen (secondary N) is 2. The molecule has 0 amide bonds. The first kappa shape index (κ1) is 13.9. The topological polar surface area (TPSA) is 42.5 Å². The van der Waals surface area contributed by atoms with Gasteiger partial charge in [0, 0.05) is 32.3 Å². The number of rotatable bonds is 6. The molecule has 96 valence electrons. The highest BCUT2D eigenvalue weighted by Gasteiger charge is 2.20. The summed E-state index contributed by atoms with van der Waals surface area (Å²) in [5, 5.41) is 6.97. The molecule has 1 rings (SSSR count). The van der Waals surface area contributed by atoms with Crippen molar-refractivity contribution in [2.75, 3.05) is 33.4 Å². The third-order valence-electron chi connectivity index (χ3n) is 3.07. The number of methoxy groups -OCH3 is 1. The van der Waals surface area contributed by atoms with E-state index < -0.39 is 0 Å². The fraction of sp³-hybridized carbons (Fsp3) is 1.00. The Labute approximate surface area is 99.1 Å². The molecule has 0 saturated carbocycles. The molecule has 0 spiro atoms. The highest BCUT2D eigenvalue weighted by Crippen LogP contribution is 2.07. The van der Waals surface area contributed by atoms with Gasteiger partial charge in [-0.25, -0.2) is 0 Å². The fourth-order valence-electron chi connectivity index (χ4n) is 1.77. The predicted molar refractivity (Wildman–Crippen MR) is 65.8 cm³/mol. The number of hydrogen-bond acceptors (Lipinski definition) is 4. The minimum Gasteiger partial charge on any atom is -0.379 e. The molecule has 1 heterocycles. The molecule has 16 heavy (non-hydrogen) atoms. The summed E-state index contributed by atoms with van der Waals surface area (Å²) < 4.78 is 10.8. The van der Waals surface area contributed by atoms with Gasteiger partial charge in [0.05, 0.1) is 18.8 Å². The van der Waals surface area contributed by atoms with Crippen LogP contribution in [0.1, 0.15) is 27.2 Å². The summed E-state index contributed by atoms with van der Waals surface area (Å²) in [7, 11) is 1.75. The van der Waals surface area contributed by atoms with Gasteiger partial charge >= 0.3 is 0 Å². The lowest BCUT2D eigenvalue weighted by atomic mass is 10.1. The summed E-state index contributed by atoms with van der Waals surface area (Å²) in [5.74, 6) is 0. The van der Waals surface area contributed by atoms with E-state index in [0.717, 1.165) is 32.7 Å². The summed E-state index contributed by atoms with van der Waals surface area (Å²) in [6.45, 7) is 9.92. The number of morpholine rings is 1. The number of hydrogen-bond donors (Lipinski definition) is 2. The van der Waals surface area contributed by atoms with Gasteiger partial charge in [0.25, 0.3) is 0 Å². The summed E-state index contributed by atoms with van der Waals surface area (Å²) in [5.41, 5.74) is -0.0925. The van der Waals surface area contributed by atoms with E-state index in [0.29, 0.717) is 12.1 Å². The van der Waals surface area contributed by atoms with Crippen LogP contribution in [0.5, 0.6) is 0 Å². The maximum absolute atomic E-state index is 5.43. The Kier molecular flexibility index (Phi) is 5.69. The van der Waals surface area contributed by atoms with Gasteiger partial charge in [-0.2, -0.15) is 0 Å². The smallest absolute Gasteiger partial charge is 0.0746 e. The Morgan fingerprint density at radius 2 is 2.31 bits per heavy atom. The zero-order chi connectivity index (χ0) is 12.0. The normalized spacial score (nSPS) is 24.4. The quantitative estimate of drug-likeness (QED) is 0.707. The minimum atomic E-state index is -0.0925. The second-order valence-corrected chi connectivity index (χ2v) is 5.21. The standard InChI is InChI=1S/C12H26N2O2/c1-10(14-9-12(2,3)15-4)7-11-8-16-6-5-13-11/h10-11,13-14H,5-9H2,1-4H3. The third kappa shape index (κ3) is 5.25. The van der Waals surface area contributed by atoms with Crippen molar-refractivity contribution in [2.45, 2.75) is 44.9 Å². The molecule has 0 aromatic carbocycles. The van der Waals surface area contributed by atoms with E-state index >= 15 is 0 Å². The molecule has 0 aliphatic carbocycles. The van der Waals surface area contributed by atoms with Gasteiger partial charge in [0.2, 0.25) is 0 Å². The van der Waals surface area contributed by atoms with Crippen molar-refractivity contribution >= 4 is 0 Å². The largest absolute Gasteiger partial charge is 0.379 e. The second kappa shape index (κ2) is 6.55. The summed E-state index contributed by atoms with van der Waals surface area (Å²) in [6, 6.07) is 0.968. The van der Waals surface area contributed by atoms with Crippen LogP contribution in [0.4, 0.5) is 0 Å². The lowest BCUT2D eigenvalue weighted by Crippen LogP contribution is -2.47. The van der Waals surface area contributed by atoms with E-state index in [4.69, 9.17) is 9.47 Å². The van der Waals surface area contributed by atoms with Crippen LogP contribution < -0.4 is 10.6 Å². The number of ether oxygens (including phenoxy) is 2. The van der Waals surface area contributed by atoms with Crippen molar-refractivity contribution in [1.82, 2.24) is 10.6 Å². The highest BCUT2D eigenvalue weighted by molar-refractivity contribution is 4.79. The van der Waals surface area contributed by atoms with Crippen molar-refractivity contribution in [2.24, 2.45) is 0 Å². The molecule has 1 fully saturated rings. The lowest BCUT2D eigenvalue weighted by molar-refractivity contribution is 0.0198. The van der Waals surface area contributed by atoms with Crippen LogP contribution in [0, 0.1) is 0 Å². The van der Waals surface area contributed by atoms with Crippen molar-refractivity contribution < 1.29 is 9.47 Å². The fourth-order valence-corrected chi connectivity index (χ4v) is 1.77. The Bertz CT molecular complexity index is 191. The molecule has 1 saturated heterocycles. The van der Waals surface area contributed by atoms with Crippen LogP contribution in [-0.4, -0.2) is 51.1 Å². The Morgan fingerprint density at radius 3 is 2.88 bits per heavy atom. The molecule has 0 radical (unpaired) electrons. The molecule has 2 N–H and O–H groups in total. The van der Waals surface area contributed by atoms with Crippen LogP contribution in [0.25, 0.3) is 0 Å². The maximum atomic E-state index is 5.43. The predicted octanol–water partition coefficient (Wildman–Crippen LogP) is 0.768. The van der Waals surface area contributed by atoms with Crippen molar-refractivity contribution in [3.05, 3.63) is 0 Å². The van der Waals surface area contributed by atoms with E-state index in [1.54, 1.807) is 7.11 Å². The van der Waals surface area contributed by atoms with Crippen molar-refractivity contribution in [1.29, 1.82) is 0 Å². The monoisotopic (exact) mass is 230 g/mol. The average molecular weight is 230 g/mol. The molecule has 0 aromatic rings. The molecular weight excluding hydrogens is 204 g/mol. The van der Waals surface area contributed by atoms with Gasteiger partial charge in [-0.05, 0) is 27.2 Å². The zero-order valence-electron chi connectivity index (χ0n) is 11.0. The SMILES string of the molecule is COC(C)(C)CNC(C)CC1COCCN1. The molecule has 0 bridgehead atoms. The van der Waals surface area contributed by atoms with Gasteiger partial charge in [0.15, 0.2) is 0 Å². The maximum Gasteiger partial charge on any atom is 0.0746 e. The van der Waals surface area contributed by atoms with E-state index in [-0.39, 0.29) is 5.60 Å². The molecule has 4 nitrogen and oxygen atoms in total. The van der Waals surface area contributed by atoms with E-state index in [9.17, 15) is 0 Å². The van der Waals surface area contributed by atoms with Crippen molar-refractivity contribution in [3.8, 4) is 0 Å². The van der Waals surface area contributed by atoms with E-state index in [1.165, 1.54) is 0 Å². The molecule has 2 unspecified atom stereocenters. The molecular formula is C12H26N2O2. The zero-order valence-corrected chi connectivity index (χ0v) is 11.0. The highest BCUT2D eigenvalue weighted by atomic mass is 16.5. The minimum absolute atomic E-state index is 0.0925. The first-order valence-electron chi connectivity index (χ1n) is 6.13. The van der Waals surface area contributed by atoms with Gasteiger partial charge in [0.1, 0.15) is 0 Å². The first-order chi connectivity index (χ1) is 7.53. The second-order valence-electron chi connectivity index (χ2n) is 5.21. The van der Waals surface area contributed by atoms with Gasteiger partial charge in [-0.3, -0.25) is 0 Å². The Balaban J connectivity index is 2.17. The molecule has 4 heteroatoms. The van der Waals surface area contributed by atoms with Crippen LogP contribution in [0.15, 0.2) is 0 Å². The summed E-state index contributed by atoms with van der Waals surface area (Å²) in [4.78, 5) is 0. The Hall–Kier alpha value is -0.160. The van der Waals surface area contributed by atoms with Gasteiger partial charge in [-0.1, -0.05) is 0 Å². The third-order valence-corrected chi connectivity index (χ3v) is 3.07. The van der Waals surface area contributed by atoms with Gasteiger partial charge in [-0.15, -0.1) is 0 Å². The van der Waals surface area contributed by atoms with Crippen molar-refractivity contribution in [3.63, 3.8) is 0 Å². The van der Waals surface area contributed by atoms with Crippen LogP contribution in [-0.2, 0) is 9.47 Å². The summed E-state index contributed by atoms with van der Waals surface area (Å²) in [6.07, 6.45) is 1.10. The molecule has 1 aliphatic heterocycles. The molecule has 1 aliphatic rings. The van der Waals surface area contributed by atoms with Gasteiger partial charge < -0.3 is 20.1 Å². The van der Waals surface area contributed by atoms with Crippen LogP contribution in [0.3, 0.4) is 0 Å². The molecule has 0 aromatic heterocycles. The summed E-state index contributed by atoms with van der Waals surface area (Å²) >= 11 is 0. The Morgan fingerprint density at radius 1 is 1.56 bits per heavy atom. The van der Waals surface area contributed by atoms with E-state index in [1.807, 2.05) is 0 Å². The molecule has 2 atom stereocenters. The van der Waals surface area contributed by atoms with Crippen LogP contribution >= 0.6 is 0 Å². The van der Waals surface area contributed by atoms with Crippen LogP contribution in [0.2, 0.25) is 0 Å². The van der Waals surface area contributed by atoms with E-state index in [2.05, 4.69) is 31.4 Å². The first-order valence-corrected chi connectivity index (χ1v) is 6.13.